The fourth-order valence-electron chi connectivity index (χ4n) is 2.17. The molecule has 5 nitrogen and oxygen atoms in total. The van der Waals surface area contributed by atoms with Crippen LogP contribution in [0, 0.1) is 12.3 Å². The Balaban J connectivity index is 2.05. The summed E-state index contributed by atoms with van der Waals surface area (Å²) >= 11 is 3.46. The summed E-state index contributed by atoms with van der Waals surface area (Å²) in [5.41, 5.74) is 4.88. The third-order valence-corrected chi connectivity index (χ3v) is 3.91. The van der Waals surface area contributed by atoms with E-state index in [0.717, 1.165) is 21.3 Å². The van der Waals surface area contributed by atoms with Crippen molar-refractivity contribution in [3.05, 3.63) is 52.0 Å². The molecule has 0 bridgehead atoms. The molecule has 0 aliphatic carbocycles. The number of methoxy groups -OCH3 is 2. The zero-order valence-corrected chi connectivity index (χ0v) is 15.7. The molecule has 0 radical (unpaired) electrons. The van der Waals surface area contributed by atoms with Crippen molar-refractivity contribution in [1.82, 2.24) is 5.43 Å². The molecule has 0 atom stereocenters. The number of ether oxygens (including phenoxy) is 3. The minimum Gasteiger partial charge on any atom is -0.496 e. The number of rotatable bonds is 8. The van der Waals surface area contributed by atoms with E-state index in [1.165, 1.54) is 0 Å². The second-order valence-corrected chi connectivity index (χ2v) is 5.79. The summed E-state index contributed by atoms with van der Waals surface area (Å²) in [5, 5.41) is 4.24. The molecule has 0 unspecified atom stereocenters. The van der Waals surface area contributed by atoms with Crippen LogP contribution in [0.15, 0.2) is 46.0 Å². The zero-order valence-electron chi connectivity index (χ0n) is 14.1. The molecule has 0 aliphatic rings. The van der Waals surface area contributed by atoms with Gasteiger partial charge in [-0.1, -0.05) is 24.1 Å². The Morgan fingerprint density at radius 1 is 1.20 bits per heavy atom. The first-order valence-corrected chi connectivity index (χ1v) is 8.30. The number of nitrogens with zero attached hydrogens (tertiary/aromatic N) is 1. The molecular formula is C19H19BrN2O3. The number of hydrazone groups is 1. The average Bonchev–Trinajstić information content (AvgIpc) is 2.64. The molecule has 0 fully saturated rings. The predicted octanol–water partition coefficient (Wildman–Crippen LogP) is 3.60. The van der Waals surface area contributed by atoms with Crippen molar-refractivity contribution in [2.75, 3.05) is 20.8 Å². The summed E-state index contributed by atoms with van der Waals surface area (Å²) in [6, 6.07) is 11.5. The SMILES string of the molecule is C#CCOc1c(Br)cc(/C=N/NCc2ccccc2OC)cc1OC. The normalized spacial score (nSPS) is 10.3. The molecular weight excluding hydrogens is 384 g/mol. The predicted molar refractivity (Wildman–Crippen MR) is 102 cm³/mol. The number of hydrogen-bond acceptors (Lipinski definition) is 5. The Labute approximate surface area is 156 Å². The smallest absolute Gasteiger partial charge is 0.176 e. The maximum Gasteiger partial charge on any atom is 0.176 e. The van der Waals surface area contributed by atoms with Gasteiger partial charge in [0.15, 0.2) is 11.5 Å². The van der Waals surface area contributed by atoms with Gasteiger partial charge in [-0.05, 0) is 39.7 Å². The van der Waals surface area contributed by atoms with Gasteiger partial charge in [0.2, 0.25) is 0 Å². The maximum atomic E-state index is 5.49. The summed E-state index contributed by atoms with van der Waals surface area (Å²) in [7, 11) is 3.22. The number of nitrogens with one attached hydrogen (secondary N) is 1. The Bertz CT molecular complexity index is 785. The van der Waals surface area contributed by atoms with Crippen LogP contribution in [-0.2, 0) is 6.54 Å². The lowest BCUT2D eigenvalue weighted by atomic mass is 10.2. The van der Waals surface area contributed by atoms with Gasteiger partial charge in [-0.25, -0.2) is 0 Å². The van der Waals surface area contributed by atoms with E-state index in [1.54, 1.807) is 20.4 Å². The van der Waals surface area contributed by atoms with Gasteiger partial charge in [-0.3, -0.25) is 0 Å². The topological polar surface area (TPSA) is 52.1 Å². The molecule has 0 heterocycles. The standard InChI is InChI=1S/C19H19BrN2O3/c1-4-9-25-19-16(20)10-14(11-18(19)24-3)12-21-22-13-15-7-5-6-8-17(15)23-2/h1,5-8,10-12,22H,9,13H2,2-3H3/b21-12+. The fourth-order valence-corrected chi connectivity index (χ4v) is 2.74. The molecule has 0 spiro atoms. The lowest BCUT2D eigenvalue weighted by Crippen LogP contribution is -2.07. The van der Waals surface area contributed by atoms with E-state index in [4.69, 9.17) is 20.6 Å². The van der Waals surface area contributed by atoms with Gasteiger partial charge in [0, 0.05) is 5.56 Å². The summed E-state index contributed by atoms with van der Waals surface area (Å²) in [6.45, 7) is 0.727. The quantitative estimate of drug-likeness (QED) is 0.416. The van der Waals surface area contributed by atoms with Crippen LogP contribution in [0.2, 0.25) is 0 Å². The highest BCUT2D eigenvalue weighted by Crippen LogP contribution is 2.36. The minimum atomic E-state index is 0.170. The highest BCUT2D eigenvalue weighted by molar-refractivity contribution is 9.10. The Kier molecular flexibility index (Phi) is 7.17. The summed E-state index contributed by atoms with van der Waals surface area (Å²) < 4.78 is 16.9. The molecule has 0 saturated heterocycles. The number of benzene rings is 2. The summed E-state index contributed by atoms with van der Waals surface area (Å²) in [4.78, 5) is 0. The van der Waals surface area contributed by atoms with Crippen LogP contribution in [0.25, 0.3) is 0 Å². The van der Waals surface area contributed by atoms with Gasteiger partial charge in [-0.15, -0.1) is 6.42 Å². The van der Waals surface area contributed by atoms with E-state index in [2.05, 4.69) is 32.4 Å². The third kappa shape index (κ3) is 5.16. The second-order valence-electron chi connectivity index (χ2n) is 4.93. The van der Waals surface area contributed by atoms with E-state index in [-0.39, 0.29) is 6.61 Å². The van der Waals surface area contributed by atoms with Crippen LogP contribution in [0.5, 0.6) is 17.2 Å². The van der Waals surface area contributed by atoms with E-state index in [1.807, 2.05) is 36.4 Å². The second kappa shape index (κ2) is 9.60. The lowest BCUT2D eigenvalue weighted by molar-refractivity contribution is 0.329. The minimum absolute atomic E-state index is 0.170. The largest absolute Gasteiger partial charge is 0.496 e. The number of hydrogen-bond donors (Lipinski definition) is 1. The molecule has 2 aromatic carbocycles. The number of terminal acetylenes is 1. The Morgan fingerprint density at radius 2 is 1.96 bits per heavy atom. The van der Waals surface area contributed by atoms with E-state index in [0.29, 0.717) is 18.0 Å². The van der Waals surface area contributed by atoms with Gasteiger partial charge in [0.1, 0.15) is 12.4 Å². The van der Waals surface area contributed by atoms with Gasteiger partial charge in [-0.2, -0.15) is 5.10 Å². The molecule has 2 aromatic rings. The van der Waals surface area contributed by atoms with Crippen molar-refractivity contribution >= 4 is 22.1 Å². The molecule has 0 aliphatic heterocycles. The van der Waals surface area contributed by atoms with Crippen molar-refractivity contribution in [3.63, 3.8) is 0 Å². The Morgan fingerprint density at radius 3 is 2.68 bits per heavy atom. The van der Waals surface area contributed by atoms with Crippen LogP contribution in [0.1, 0.15) is 11.1 Å². The molecule has 2 rings (SSSR count). The first-order valence-electron chi connectivity index (χ1n) is 7.51. The van der Waals surface area contributed by atoms with Crippen molar-refractivity contribution in [3.8, 4) is 29.6 Å². The third-order valence-electron chi connectivity index (χ3n) is 3.32. The molecule has 0 amide bonds. The van der Waals surface area contributed by atoms with E-state index >= 15 is 0 Å². The van der Waals surface area contributed by atoms with E-state index in [9.17, 15) is 0 Å². The Hall–Kier alpha value is -2.65. The zero-order chi connectivity index (χ0) is 18.1. The van der Waals surface area contributed by atoms with E-state index < -0.39 is 0 Å². The highest BCUT2D eigenvalue weighted by atomic mass is 79.9. The van der Waals surface area contributed by atoms with Crippen LogP contribution < -0.4 is 19.6 Å². The summed E-state index contributed by atoms with van der Waals surface area (Å²) in [5.74, 6) is 4.40. The monoisotopic (exact) mass is 402 g/mol. The fraction of sp³-hybridized carbons (Fsp3) is 0.211. The van der Waals surface area contributed by atoms with Crippen molar-refractivity contribution < 1.29 is 14.2 Å². The van der Waals surface area contributed by atoms with Crippen LogP contribution in [0.4, 0.5) is 0 Å². The summed E-state index contributed by atoms with van der Waals surface area (Å²) in [6.07, 6.45) is 6.93. The average molecular weight is 403 g/mol. The molecule has 0 saturated carbocycles. The van der Waals surface area contributed by atoms with Crippen molar-refractivity contribution in [2.24, 2.45) is 5.10 Å². The molecule has 0 aromatic heterocycles. The first kappa shape index (κ1) is 18.7. The molecule has 1 N–H and O–H groups in total. The number of halogens is 1. The van der Waals surface area contributed by atoms with Crippen LogP contribution >= 0.6 is 15.9 Å². The van der Waals surface area contributed by atoms with Crippen molar-refractivity contribution in [2.45, 2.75) is 6.54 Å². The van der Waals surface area contributed by atoms with Crippen molar-refractivity contribution in [1.29, 1.82) is 0 Å². The van der Waals surface area contributed by atoms with Gasteiger partial charge >= 0.3 is 0 Å². The molecule has 130 valence electrons. The van der Waals surface area contributed by atoms with Crippen LogP contribution in [0.3, 0.4) is 0 Å². The highest BCUT2D eigenvalue weighted by Gasteiger charge is 2.10. The molecule has 6 heteroatoms. The van der Waals surface area contributed by atoms with Gasteiger partial charge < -0.3 is 19.6 Å². The van der Waals surface area contributed by atoms with Gasteiger partial charge in [0.05, 0.1) is 31.5 Å². The van der Waals surface area contributed by atoms with Crippen LogP contribution in [-0.4, -0.2) is 27.0 Å². The maximum absolute atomic E-state index is 5.49. The number of para-hydroxylation sites is 1. The lowest BCUT2D eigenvalue weighted by Gasteiger charge is -2.11. The first-order chi connectivity index (χ1) is 12.2. The van der Waals surface area contributed by atoms with Gasteiger partial charge in [0.25, 0.3) is 0 Å². The molecule has 25 heavy (non-hydrogen) atoms.